The van der Waals surface area contributed by atoms with Crippen LogP contribution in [-0.2, 0) is 4.84 Å². The number of anilines is 1. The molecule has 27 heavy (non-hydrogen) atoms. The molecular formula is C21H26ClN3OS. The molecule has 0 saturated carbocycles. The molecule has 1 N–H and O–H groups in total. The molecule has 1 aromatic carbocycles. The molecule has 3 heterocycles. The van der Waals surface area contributed by atoms with Crippen LogP contribution < -0.4 is 10.4 Å². The zero-order valence-electron chi connectivity index (χ0n) is 15.4. The lowest BCUT2D eigenvalue weighted by Gasteiger charge is -2.36. The number of piperazine rings is 1. The standard InChI is InChI=1S/C21H26ClN3OS/c22-18-7-1-2-8-20(18)25-13-11-24(12-14-25)10-4-3-6-17-16-19(23-26-17)21-9-5-15-27-21/h1-2,5,7-9,15-17,23H,3-4,6,10-14H2. The maximum Gasteiger partial charge on any atom is 0.106 e. The van der Waals surface area contributed by atoms with Gasteiger partial charge in [-0.25, -0.2) is 0 Å². The largest absolute Gasteiger partial charge is 0.368 e. The molecule has 2 aromatic rings. The number of thiophene rings is 1. The van der Waals surface area contributed by atoms with Crippen LogP contribution in [0.1, 0.15) is 24.1 Å². The van der Waals surface area contributed by atoms with Crippen molar-refractivity contribution in [2.45, 2.75) is 25.4 Å². The van der Waals surface area contributed by atoms with Gasteiger partial charge in [-0.05, 0) is 55.5 Å². The first-order chi connectivity index (χ1) is 13.3. The van der Waals surface area contributed by atoms with Gasteiger partial charge in [0.05, 0.1) is 21.3 Å². The van der Waals surface area contributed by atoms with E-state index in [1.807, 2.05) is 12.1 Å². The van der Waals surface area contributed by atoms with Crippen molar-refractivity contribution in [3.05, 3.63) is 57.8 Å². The van der Waals surface area contributed by atoms with E-state index in [4.69, 9.17) is 16.4 Å². The van der Waals surface area contributed by atoms with E-state index in [2.05, 4.69) is 51.0 Å². The highest BCUT2D eigenvalue weighted by molar-refractivity contribution is 7.11. The normalized spacial score (nSPS) is 20.6. The van der Waals surface area contributed by atoms with Gasteiger partial charge in [-0.3, -0.25) is 15.2 Å². The molecule has 1 saturated heterocycles. The Morgan fingerprint density at radius 2 is 1.93 bits per heavy atom. The lowest BCUT2D eigenvalue weighted by Crippen LogP contribution is -2.46. The predicted octanol–water partition coefficient (Wildman–Crippen LogP) is 4.64. The molecule has 1 aromatic heterocycles. The first kappa shape index (κ1) is 18.8. The number of benzene rings is 1. The Morgan fingerprint density at radius 1 is 1.07 bits per heavy atom. The van der Waals surface area contributed by atoms with Crippen molar-refractivity contribution in [1.82, 2.24) is 10.4 Å². The average molecular weight is 404 g/mol. The van der Waals surface area contributed by atoms with Crippen LogP contribution in [0.3, 0.4) is 0 Å². The fourth-order valence-electron chi connectivity index (χ4n) is 3.70. The Labute approximate surface area is 170 Å². The van der Waals surface area contributed by atoms with Crippen LogP contribution in [0, 0.1) is 0 Å². The fraction of sp³-hybridized carbons (Fsp3) is 0.429. The van der Waals surface area contributed by atoms with Crippen molar-refractivity contribution < 1.29 is 4.84 Å². The van der Waals surface area contributed by atoms with Gasteiger partial charge in [-0.2, -0.15) is 0 Å². The lowest BCUT2D eigenvalue weighted by molar-refractivity contribution is 0.0450. The fourth-order valence-corrected chi connectivity index (χ4v) is 4.65. The van der Waals surface area contributed by atoms with E-state index in [9.17, 15) is 0 Å². The number of hydrogen-bond acceptors (Lipinski definition) is 5. The molecule has 4 nitrogen and oxygen atoms in total. The number of para-hydroxylation sites is 1. The van der Waals surface area contributed by atoms with Crippen molar-refractivity contribution in [2.75, 3.05) is 37.6 Å². The molecule has 0 aliphatic carbocycles. The highest BCUT2D eigenvalue weighted by Crippen LogP contribution is 2.26. The van der Waals surface area contributed by atoms with E-state index >= 15 is 0 Å². The maximum absolute atomic E-state index is 6.33. The monoisotopic (exact) mass is 403 g/mol. The van der Waals surface area contributed by atoms with Crippen LogP contribution in [0.5, 0.6) is 0 Å². The first-order valence-corrected chi connectivity index (χ1v) is 10.9. The van der Waals surface area contributed by atoms with Crippen LogP contribution in [0.25, 0.3) is 5.70 Å². The summed E-state index contributed by atoms with van der Waals surface area (Å²) in [5.41, 5.74) is 5.35. The lowest BCUT2D eigenvalue weighted by atomic mass is 10.1. The minimum Gasteiger partial charge on any atom is -0.368 e. The molecule has 2 aliphatic rings. The number of nitrogens with one attached hydrogen (secondary N) is 1. The van der Waals surface area contributed by atoms with Crippen molar-refractivity contribution in [1.29, 1.82) is 0 Å². The molecule has 0 spiro atoms. The maximum atomic E-state index is 6.33. The van der Waals surface area contributed by atoms with E-state index < -0.39 is 0 Å². The van der Waals surface area contributed by atoms with E-state index in [0.29, 0.717) is 0 Å². The summed E-state index contributed by atoms with van der Waals surface area (Å²) in [4.78, 5) is 11.9. The quantitative estimate of drug-likeness (QED) is 0.681. The van der Waals surface area contributed by atoms with Gasteiger partial charge in [-0.1, -0.05) is 29.8 Å². The molecule has 0 amide bonds. The molecule has 2 aliphatic heterocycles. The van der Waals surface area contributed by atoms with Crippen LogP contribution in [0.4, 0.5) is 5.69 Å². The smallest absolute Gasteiger partial charge is 0.106 e. The summed E-state index contributed by atoms with van der Waals surface area (Å²) in [6.45, 7) is 5.47. The van der Waals surface area contributed by atoms with Gasteiger partial charge >= 0.3 is 0 Å². The topological polar surface area (TPSA) is 27.7 Å². The molecule has 6 heteroatoms. The number of hydroxylamine groups is 1. The molecule has 1 fully saturated rings. The summed E-state index contributed by atoms with van der Waals surface area (Å²) in [5, 5.41) is 2.95. The third-order valence-corrected chi connectivity index (χ3v) is 6.46. The Morgan fingerprint density at radius 3 is 2.70 bits per heavy atom. The van der Waals surface area contributed by atoms with Gasteiger partial charge in [0, 0.05) is 26.2 Å². The number of hydrogen-bond donors (Lipinski definition) is 1. The first-order valence-electron chi connectivity index (χ1n) is 9.69. The van der Waals surface area contributed by atoms with Gasteiger partial charge < -0.3 is 4.90 Å². The highest BCUT2D eigenvalue weighted by atomic mass is 35.5. The van der Waals surface area contributed by atoms with E-state index in [0.717, 1.165) is 55.6 Å². The van der Waals surface area contributed by atoms with Crippen LogP contribution >= 0.6 is 22.9 Å². The van der Waals surface area contributed by atoms with Gasteiger partial charge in [0.15, 0.2) is 0 Å². The zero-order chi connectivity index (χ0) is 18.5. The minimum atomic E-state index is 0.194. The summed E-state index contributed by atoms with van der Waals surface area (Å²) >= 11 is 8.06. The second-order valence-corrected chi connectivity index (χ2v) is 8.45. The van der Waals surface area contributed by atoms with Gasteiger partial charge in [-0.15, -0.1) is 11.3 Å². The second kappa shape index (κ2) is 9.11. The summed E-state index contributed by atoms with van der Waals surface area (Å²) in [6.07, 6.45) is 5.88. The summed E-state index contributed by atoms with van der Waals surface area (Å²) in [5.74, 6) is 0. The summed E-state index contributed by atoms with van der Waals surface area (Å²) in [7, 11) is 0. The molecule has 144 valence electrons. The Balaban J connectivity index is 1.15. The minimum absolute atomic E-state index is 0.194. The van der Waals surface area contributed by atoms with Crippen molar-refractivity contribution in [3.8, 4) is 0 Å². The molecule has 0 radical (unpaired) electrons. The SMILES string of the molecule is Clc1ccccc1N1CCN(CCCCC2C=C(c3cccs3)NO2)CC1. The third-order valence-electron chi connectivity index (χ3n) is 5.24. The van der Waals surface area contributed by atoms with Gasteiger partial charge in [0.1, 0.15) is 6.10 Å². The Kier molecular flexibility index (Phi) is 6.35. The zero-order valence-corrected chi connectivity index (χ0v) is 17.0. The number of halogens is 1. The van der Waals surface area contributed by atoms with Gasteiger partial charge in [0.2, 0.25) is 0 Å². The van der Waals surface area contributed by atoms with E-state index in [1.54, 1.807) is 11.3 Å². The van der Waals surface area contributed by atoms with Crippen LogP contribution in [0.15, 0.2) is 47.9 Å². The molecule has 4 rings (SSSR count). The number of nitrogens with zero attached hydrogens (tertiary/aromatic N) is 2. The van der Waals surface area contributed by atoms with Crippen molar-refractivity contribution in [2.24, 2.45) is 0 Å². The van der Waals surface area contributed by atoms with Gasteiger partial charge in [0.25, 0.3) is 0 Å². The van der Waals surface area contributed by atoms with Crippen molar-refractivity contribution >= 4 is 34.3 Å². The molecule has 0 bridgehead atoms. The van der Waals surface area contributed by atoms with E-state index in [-0.39, 0.29) is 6.10 Å². The highest BCUT2D eigenvalue weighted by Gasteiger charge is 2.20. The third kappa shape index (κ3) is 4.85. The Hall–Kier alpha value is -1.53. The van der Waals surface area contributed by atoms with Crippen molar-refractivity contribution in [3.63, 3.8) is 0 Å². The summed E-state index contributed by atoms with van der Waals surface area (Å²) < 4.78 is 0. The number of rotatable bonds is 7. The molecule has 1 unspecified atom stereocenters. The molecular weight excluding hydrogens is 378 g/mol. The summed E-state index contributed by atoms with van der Waals surface area (Å²) in [6, 6.07) is 12.3. The number of unbranched alkanes of at least 4 members (excludes halogenated alkanes) is 1. The second-order valence-electron chi connectivity index (χ2n) is 7.09. The van der Waals surface area contributed by atoms with E-state index in [1.165, 1.54) is 17.7 Å². The molecule has 1 atom stereocenters. The van der Waals surface area contributed by atoms with Crippen LogP contribution in [0.2, 0.25) is 5.02 Å². The van der Waals surface area contributed by atoms with Crippen LogP contribution in [-0.4, -0.2) is 43.7 Å². The predicted molar refractivity (Wildman–Crippen MR) is 114 cm³/mol. The Bertz CT molecular complexity index is 757. The average Bonchev–Trinajstić information content (AvgIpc) is 3.38.